The Kier molecular flexibility index (Phi) is 8.05. The monoisotopic (exact) mass is 461 g/mol. The molecule has 4 aromatic rings. The highest BCUT2D eigenvalue weighted by atomic mass is 16.5. The van der Waals surface area contributed by atoms with E-state index in [4.69, 9.17) is 20.0 Å². The van der Waals surface area contributed by atoms with Crippen LogP contribution in [0.25, 0.3) is 22.1 Å². The summed E-state index contributed by atoms with van der Waals surface area (Å²) in [6, 6.07) is 19.3. The Morgan fingerprint density at radius 2 is 1.74 bits per heavy atom. The summed E-state index contributed by atoms with van der Waals surface area (Å²) >= 11 is 0. The predicted octanol–water partition coefficient (Wildman–Crippen LogP) is 5.49. The normalized spacial score (nSPS) is 10.4. The number of hydrogen-bond acceptors (Lipinski definition) is 5. The molecule has 0 amide bonds. The van der Waals surface area contributed by atoms with E-state index in [0.717, 1.165) is 11.1 Å². The Balaban J connectivity index is 0.00000158. The number of fused-ring (bicyclic) bond motifs is 1. The van der Waals surface area contributed by atoms with Crippen LogP contribution in [-0.4, -0.2) is 22.2 Å². The molecule has 176 valence electrons. The van der Waals surface area contributed by atoms with Gasteiger partial charge in [0.2, 0.25) is 0 Å². The highest BCUT2D eigenvalue weighted by molar-refractivity contribution is 6.00. The SMILES string of the molecule is CC.NCc1cccc(-c2cc(C(=O)O)cc3cc(COc4ccccc4CC(=O)O)oc23)c1. The molecule has 0 aliphatic carbocycles. The molecule has 7 heteroatoms. The molecule has 4 rings (SSSR count). The molecule has 7 nitrogen and oxygen atoms in total. The highest BCUT2D eigenvalue weighted by Crippen LogP contribution is 2.33. The number of carboxylic acid groups (broad SMARTS) is 2. The molecule has 4 N–H and O–H groups in total. The molecular formula is C27H27NO6. The van der Waals surface area contributed by atoms with Gasteiger partial charge in [-0.15, -0.1) is 0 Å². The molecule has 0 atom stereocenters. The van der Waals surface area contributed by atoms with Crippen LogP contribution in [0, 0.1) is 0 Å². The van der Waals surface area contributed by atoms with Gasteiger partial charge >= 0.3 is 11.9 Å². The van der Waals surface area contributed by atoms with Crippen LogP contribution in [0.1, 0.15) is 41.1 Å². The van der Waals surface area contributed by atoms with Gasteiger partial charge in [-0.3, -0.25) is 4.79 Å². The van der Waals surface area contributed by atoms with E-state index >= 15 is 0 Å². The van der Waals surface area contributed by atoms with Crippen molar-refractivity contribution in [2.45, 2.75) is 33.4 Å². The number of aliphatic carboxylic acids is 1. The summed E-state index contributed by atoms with van der Waals surface area (Å²) in [5.74, 6) is -1.04. The molecule has 0 fully saturated rings. The predicted molar refractivity (Wildman–Crippen MR) is 130 cm³/mol. The van der Waals surface area contributed by atoms with Crippen LogP contribution < -0.4 is 10.5 Å². The molecular weight excluding hydrogens is 434 g/mol. The van der Waals surface area contributed by atoms with Gasteiger partial charge < -0.3 is 25.1 Å². The van der Waals surface area contributed by atoms with Gasteiger partial charge in [0, 0.05) is 23.1 Å². The van der Waals surface area contributed by atoms with Crippen LogP contribution in [0.2, 0.25) is 0 Å². The largest absolute Gasteiger partial charge is 0.485 e. The van der Waals surface area contributed by atoms with E-state index in [1.165, 1.54) is 0 Å². The number of para-hydroxylation sites is 1. The van der Waals surface area contributed by atoms with Gasteiger partial charge in [-0.25, -0.2) is 4.79 Å². The number of aromatic carboxylic acids is 1. The van der Waals surface area contributed by atoms with E-state index in [0.29, 0.717) is 40.2 Å². The van der Waals surface area contributed by atoms with Crippen molar-refractivity contribution in [2.24, 2.45) is 5.73 Å². The first-order chi connectivity index (χ1) is 16.4. The molecule has 1 heterocycles. The number of carbonyl (C=O) groups is 2. The van der Waals surface area contributed by atoms with Gasteiger partial charge in [-0.2, -0.15) is 0 Å². The molecule has 0 aliphatic heterocycles. The zero-order valence-electron chi connectivity index (χ0n) is 19.1. The van der Waals surface area contributed by atoms with E-state index in [9.17, 15) is 14.7 Å². The lowest BCUT2D eigenvalue weighted by atomic mass is 9.99. The van der Waals surface area contributed by atoms with Gasteiger partial charge in [0.05, 0.1) is 12.0 Å². The molecule has 0 aliphatic rings. The van der Waals surface area contributed by atoms with Gasteiger partial charge in [-0.05, 0) is 41.5 Å². The molecule has 0 unspecified atom stereocenters. The van der Waals surface area contributed by atoms with Crippen molar-refractivity contribution in [3.63, 3.8) is 0 Å². The number of hydrogen-bond donors (Lipinski definition) is 3. The second kappa shape index (κ2) is 11.2. The van der Waals surface area contributed by atoms with Crippen LogP contribution in [-0.2, 0) is 24.4 Å². The summed E-state index contributed by atoms with van der Waals surface area (Å²) < 4.78 is 11.9. The Bertz CT molecular complexity index is 1310. The van der Waals surface area contributed by atoms with Crippen LogP contribution in [0.5, 0.6) is 5.75 Å². The standard InChI is InChI=1S/C25H21NO6.C2H6/c26-13-15-4-3-6-16(8-15)21-11-19(25(29)30)9-18-10-20(32-24(18)21)14-31-22-7-2-1-5-17(22)12-23(27)28;1-2/h1-11H,12-14,26H2,(H,27,28)(H,29,30);1-2H3. The second-order valence-corrected chi connectivity index (χ2v) is 7.33. The lowest BCUT2D eigenvalue weighted by Gasteiger charge is -2.09. The maximum Gasteiger partial charge on any atom is 0.335 e. The first-order valence-corrected chi connectivity index (χ1v) is 11.0. The summed E-state index contributed by atoms with van der Waals surface area (Å²) in [7, 11) is 0. The molecule has 0 radical (unpaired) electrons. The van der Waals surface area contributed by atoms with Crippen LogP contribution in [0.4, 0.5) is 0 Å². The van der Waals surface area contributed by atoms with Crippen molar-refractivity contribution in [1.29, 1.82) is 0 Å². The van der Waals surface area contributed by atoms with E-state index in [-0.39, 0.29) is 18.6 Å². The minimum atomic E-state index is -1.04. The van der Waals surface area contributed by atoms with Gasteiger partial charge in [0.25, 0.3) is 0 Å². The first-order valence-electron chi connectivity index (χ1n) is 11.0. The van der Waals surface area contributed by atoms with E-state index in [1.54, 1.807) is 42.5 Å². The van der Waals surface area contributed by atoms with Crippen molar-refractivity contribution in [3.05, 3.63) is 89.2 Å². The summed E-state index contributed by atoms with van der Waals surface area (Å²) in [5, 5.41) is 19.3. The van der Waals surface area contributed by atoms with E-state index in [2.05, 4.69) is 0 Å². The average molecular weight is 462 g/mol. The van der Waals surface area contributed by atoms with E-state index < -0.39 is 11.9 Å². The molecule has 3 aromatic carbocycles. The van der Waals surface area contributed by atoms with Crippen molar-refractivity contribution < 1.29 is 29.0 Å². The lowest BCUT2D eigenvalue weighted by molar-refractivity contribution is -0.136. The summed E-state index contributed by atoms with van der Waals surface area (Å²) in [6.07, 6.45) is -0.153. The minimum Gasteiger partial charge on any atom is -0.485 e. The fraction of sp³-hybridized carbons (Fsp3) is 0.185. The molecule has 0 saturated heterocycles. The van der Waals surface area contributed by atoms with E-state index in [1.807, 2.05) is 38.1 Å². The average Bonchev–Trinajstić information content (AvgIpc) is 3.27. The van der Waals surface area contributed by atoms with Gasteiger partial charge in [-0.1, -0.05) is 50.2 Å². The molecule has 0 bridgehead atoms. The Labute approximate surface area is 197 Å². The fourth-order valence-corrected chi connectivity index (χ4v) is 3.58. The zero-order chi connectivity index (χ0) is 24.7. The summed E-state index contributed by atoms with van der Waals surface area (Å²) in [4.78, 5) is 22.8. The van der Waals surface area contributed by atoms with Crippen molar-refractivity contribution in [3.8, 4) is 16.9 Å². The molecule has 0 spiro atoms. The topological polar surface area (TPSA) is 123 Å². The summed E-state index contributed by atoms with van der Waals surface area (Å²) in [6.45, 7) is 4.43. The smallest absolute Gasteiger partial charge is 0.335 e. The fourth-order valence-electron chi connectivity index (χ4n) is 3.58. The number of nitrogens with two attached hydrogens (primary N) is 1. The Morgan fingerprint density at radius 1 is 0.971 bits per heavy atom. The van der Waals surface area contributed by atoms with Crippen molar-refractivity contribution in [1.82, 2.24) is 0 Å². The third kappa shape index (κ3) is 5.63. The third-order valence-corrected chi connectivity index (χ3v) is 5.07. The number of benzene rings is 3. The van der Waals surface area contributed by atoms with Crippen LogP contribution in [0.3, 0.4) is 0 Å². The molecule has 34 heavy (non-hydrogen) atoms. The number of furan rings is 1. The lowest BCUT2D eigenvalue weighted by Crippen LogP contribution is -2.03. The van der Waals surface area contributed by atoms with Crippen LogP contribution >= 0.6 is 0 Å². The molecule has 0 saturated carbocycles. The maximum atomic E-state index is 11.7. The second-order valence-electron chi connectivity index (χ2n) is 7.33. The van der Waals surface area contributed by atoms with Crippen LogP contribution in [0.15, 0.2) is 71.1 Å². The van der Waals surface area contributed by atoms with Crippen molar-refractivity contribution >= 4 is 22.9 Å². The van der Waals surface area contributed by atoms with Crippen molar-refractivity contribution in [2.75, 3.05) is 0 Å². The molecule has 1 aromatic heterocycles. The number of rotatable bonds is 8. The summed E-state index contributed by atoms with van der Waals surface area (Å²) in [5.41, 5.74) is 9.37. The number of carboxylic acids is 2. The van der Waals surface area contributed by atoms with Gasteiger partial charge in [0.15, 0.2) is 0 Å². The highest BCUT2D eigenvalue weighted by Gasteiger charge is 2.16. The van der Waals surface area contributed by atoms with Gasteiger partial charge in [0.1, 0.15) is 23.7 Å². The quantitative estimate of drug-likeness (QED) is 0.317. The zero-order valence-corrected chi connectivity index (χ0v) is 19.1. The Morgan fingerprint density at radius 3 is 2.44 bits per heavy atom. The first kappa shape index (κ1) is 24.5. The minimum absolute atomic E-state index is 0.0655. The number of ether oxygens (including phenoxy) is 1. The third-order valence-electron chi connectivity index (χ3n) is 5.07. The maximum absolute atomic E-state index is 11.7. The Hall–Kier alpha value is -4.10.